The number of aromatic amines is 1. The zero-order chi connectivity index (χ0) is 18.1. The number of fused-ring (bicyclic) bond motifs is 1. The average Bonchev–Trinajstić information content (AvgIpc) is 2.84. The van der Waals surface area contributed by atoms with Gasteiger partial charge in [0.25, 0.3) is 5.56 Å². The van der Waals surface area contributed by atoms with Gasteiger partial charge in [0.05, 0.1) is 11.1 Å². The number of para-hydroxylation sites is 1. The highest BCUT2D eigenvalue weighted by molar-refractivity contribution is 7.99. The highest BCUT2D eigenvalue weighted by Gasteiger charge is 2.13. The first-order valence-corrected chi connectivity index (χ1v) is 9.66. The van der Waals surface area contributed by atoms with Gasteiger partial charge in [0.15, 0.2) is 5.16 Å². The smallest absolute Gasteiger partial charge is 0.260 e. The maximum absolute atomic E-state index is 12.3. The summed E-state index contributed by atoms with van der Waals surface area (Å²) >= 11 is 2.73. The second-order valence-electron chi connectivity index (χ2n) is 5.94. The highest BCUT2D eigenvalue weighted by Crippen LogP contribution is 2.27. The van der Waals surface area contributed by atoms with Crippen LogP contribution in [-0.2, 0) is 4.79 Å². The van der Waals surface area contributed by atoms with Crippen molar-refractivity contribution in [1.82, 2.24) is 9.97 Å². The Kier molecular flexibility index (Phi) is 4.96. The number of rotatable bonds is 4. The molecule has 3 aromatic rings. The van der Waals surface area contributed by atoms with Crippen LogP contribution in [0.25, 0.3) is 10.2 Å². The molecule has 130 valence electrons. The number of carbonyl (C=O) groups is 1. The number of amides is 1. The van der Waals surface area contributed by atoms with Gasteiger partial charge in [0.1, 0.15) is 4.83 Å². The molecule has 0 aliphatic rings. The minimum absolute atomic E-state index is 0.122. The molecule has 0 saturated carbocycles. The van der Waals surface area contributed by atoms with E-state index in [0.717, 1.165) is 32.1 Å². The minimum atomic E-state index is -0.149. The number of thiophene rings is 1. The van der Waals surface area contributed by atoms with Gasteiger partial charge in [-0.05, 0) is 44.4 Å². The van der Waals surface area contributed by atoms with E-state index in [-0.39, 0.29) is 17.2 Å². The molecule has 1 amide bonds. The van der Waals surface area contributed by atoms with E-state index in [2.05, 4.69) is 15.3 Å². The normalized spacial score (nSPS) is 11.0. The molecule has 2 N–H and O–H groups in total. The number of hydrogen-bond acceptors (Lipinski definition) is 5. The maximum atomic E-state index is 12.3. The lowest BCUT2D eigenvalue weighted by Gasteiger charge is -2.11. The summed E-state index contributed by atoms with van der Waals surface area (Å²) in [7, 11) is 0. The fourth-order valence-corrected chi connectivity index (χ4v) is 4.37. The first-order valence-electron chi connectivity index (χ1n) is 7.85. The van der Waals surface area contributed by atoms with Gasteiger partial charge in [-0.1, -0.05) is 30.0 Å². The topological polar surface area (TPSA) is 74.8 Å². The van der Waals surface area contributed by atoms with Crippen molar-refractivity contribution >= 4 is 44.9 Å². The standard InChI is InChI=1S/C18H19N3O2S2/c1-9-6-5-7-10(2)15(9)19-13(22)8-24-18-20-16(23)14-11(3)12(4)25-17(14)21-18/h5-7H,8H2,1-4H3,(H,19,22)(H,20,21,23). The molecule has 3 rings (SSSR count). The van der Waals surface area contributed by atoms with Crippen molar-refractivity contribution in [2.75, 3.05) is 11.1 Å². The van der Waals surface area contributed by atoms with Crippen LogP contribution >= 0.6 is 23.1 Å². The van der Waals surface area contributed by atoms with Crippen LogP contribution in [0.3, 0.4) is 0 Å². The second kappa shape index (κ2) is 7.01. The van der Waals surface area contributed by atoms with Crippen molar-refractivity contribution in [3.8, 4) is 0 Å². The molecule has 0 aliphatic carbocycles. The van der Waals surface area contributed by atoms with Crippen molar-refractivity contribution in [2.45, 2.75) is 32.9 Å². The van der Waals surface area contributed by atoms with E-state index in [4.69, 9.17) is 0 Å². The Bertz CT molecular complexity index is 1000. The zero-order valence-electron chi connectivity index (χ0n) is 14.5. The first kappa shape index (κ1) is 17.7. The van der Waals surface area contributed by atoms with Crippen molar-refractivity contribution < 1.29 is 4.79 Å². The Balaban J connectivity index is 1.74. The van der Waals surface area contributed by atoms with E-state index in [0.29, 0.717) is 10.5 Å². The van der Waals surface area contributed by atoms with Gasteiger partial charge < -0.3 is 10.3 Å². The molecular formula is C18H19N3O2S2. The summed E-state index contributed by atoms with van der Waals surface area (Å²) in [5.41, 5.74) is 3.71. The second-order valence-corrected chi connectivity index (χ2v) is 8.11. The van der Waals surface area contributed by atoms with Crippen LogP contribution in [0, 0.1) is 27.7 Å². The molecule has 0 fully saturated rings. The predicted octanol–water partition coefficient (Wildman–Crippen LogP) is 3.95. The lowest BCUT2D eigenvalue weighted by Crippen LogP contribution is -2.16. The van der Waals surface area contributed by atoms with Gasteiger partial charge in [0, 0.05) is 10.6 Å². The number of H-pyrrole nitrogens is 1. The number of thioether (sulfide) groups is 1. The van der Waals surface area contributed by atoms with Crippen LogP contribution in [0.4, 0.5) is 5.69 Å². The number of benzene rings is 1. The number of carbonyl (C=O) groups excluding carboxylic acids is 1. The van der Waals surface area contributed by atoms with Gasteiger partial charge in [-0.2, -0.15) is 0 Å². The summed E-state index contributed by atoms with van der Waals surface area (Å²) in [5, 5.41) is 4.05. The summed E-state index contributed by atoms with van der Waals surface area (Å²) in [4.78, 5) is 33.6. The van der Waals surface area contributed by atoms with E-state index in [1.165, 1.54) is 23.1 Å². The molecule has 0 unspecified atom stereocenters. The van der Waals surface area contributed by atoms with Crippen molar-refractivity contribution in [3.63, 3.8) is 0 Å². The van der Waals surface area contributed by atoms with Crippen molar-refractivity contribution in [2.24, 2.45) is 0 Å². The third-order valence-corrected chi connectivity index (χ3v) is 6.08. The molecule has 0 radical (unpaired) electrons. The van der Waals surface area contributed by atoms with Crippen molar-refractivity contribution in [3.05, 3.63) is 50.1 Å². The predicted molar refractivity (Wildman–Crippen MR) is 105 cm³/mol. The third kappa shape index (κ3) is 3.62. The van der Waals surface area contributed by atoms with Crippen LogP contribution < -0.4 is 10.9 Å². The Hall–Kier alpha value is -2.12. The largest absolute Gasteiger partial charge is 0.325 e. The number of aryl methyl sites for hydroxylation is 4. The van der Waals surface area contributed by atoms with E-state index in [1.807, 2.05) is 45.9 Å². The molecule has 0 spiro atoms. The van der Waals surface area contributed by atoms with Gasteiger partial charge in [-0.15, -0.1) is 11.3 Å². The van der Waals surface area contributed by atoms with Crippen LogP contribution in [-0.4, -0.2) is 21.6 Å². The van der Waals surface area contributed by atoms with Gasteiger partial charge in [-0.25, -0.2) is 4.98 Å². The third-order valence-electron chi connectivity index (χ3n) is 4.10. The lowest BCUT2D eigenvalue weighted by molar-refractivity contribution is -0.113. The summed E-state index contributed by atoms with van der Waals surface area (Å²) in [5.74, 6) is 0.0645. The zero-order valence-corrected chi connectivity index (χ0v) is 16.2. The molecule has 5 nitrogen and oxygen atoms in total. The molecule has 0 saturated heterocycles. The van der Waals surface area contributed by atoms with E-state index in [1.54, 1.807) is 0 Å². The summed E-state index contributed by atoms with van der Waals surface area (Å²) < 4.78 is 0. The Labute approximate surface area is 153 Å². The van der Waals surface area contributed by atoms with Crippen LogP contribution in [0.5, 0.6) is 0 Å². The number of nitrogens with zero attached hydrogens (tertiary/aromatic N) is 1. The quantitative estimate of drug-likeness (QED) is 0.536. The Morgan fingerprint density at radius 2 is 1.92 bits per heavy atom. The van der Waals surface area contributed by atoms with E-state index in [9.17, 15) is 9.59 Å². The SMILES string of the molecule is Cc1cccc(C)c1NC(=O)CSc1nc2sc(C)c(C)c2c(=O)[nH]1. The first-order chi connectivity index (χ1) is 11.9. The fourth-order valence-electron chi connectivity index (χ4n) is 2.62. The minimum Gasteiger partial charge on any atom is -0.325 e. The Morgan fingerprint density at radius 3 is 2.60 bits per heavy atom. The lowest BCUT2D eigenvalue weighted by atomic mass is 10.1. The van der Waals surface area contributed by atoms with Gasteiger partial charge in [-0.3, -0.25) is 9.59 Å². The molecule has 25 heavy (non-hydrogen) atoms. The maximum Gasteiger partial charge on any atom is 0.260 e. The van der Waals surface area contributed by atoms with Crippen LogP contribution in [0.1, 0.15) is 21.6 Å². The van der Waals surface area contributed by atoms with E-state index < -0.39 is 0 Å². The number of anilines is 1. The van der Waals surface area contributed by atoms with E-state index >= 15 is 0 Å². The number of nitrogens with one attached hydrogen (secondary N) is 2. The van der Waals surface area contributed by atoms with Crippen molar-refractivity contribution in [1.29, 1.82) is 0 Å². The summed E-state index contributed by atoms with van der Waals surface area (Å²) in [6.07, 6.45) is 0. The molecule has 1 aromatic carbocycles. The Morgan fingerprint density at radius 1 is 1.24 bits per heavy atom. The molecule has 7 heteroatoms. The van der Waals surface area contributed by atoms with Gasteiger partial charge >= 0.3 is 0 Å². The molecule has 0 aliphatic heterocycles. The molecule has 0 atom stereocenters. The molecule has 0 bridgehead atoms. The fraction of sp³-hybridized carbons (Fsp3) is 0.278. The van der Waals surface area contributed by atoms with Gasteiger partial charge in [0.2, 0.25) is 5.91 Å². The molecular weight excluding hydrogens is 354 g/mol. The summed E-state index contributed by atoms with van der Waals surface area (Å²) in [6, 6.07) is 5.89. The molecule has 2 aromatic heterocycles. The monoisotopic (exact) mass is 373 g/mol. The number of hydrogen-bond donors (Lipinski definition) is 2. The summed E-state index contributed by atoms with van der Waals surface area (Å²) in [6.45, 7) is 7.83. The molecule has 2 heterocycles. The number of aromatic nitrogens is 2. The average molecular weight is 374 g/mol. The van der Waals surface area contributed by atoms with Crippen LogP contribution in [0.15, 0.2) is 28.2 Å². The van der Waals surface area contributed by atoms with Crippen LogP contribution in [0.2, 0.25) is 0 Å². The highest BCUT2D eigenvalue weighted by atomic mass is 32.2.